The minimum Gasteiger partial charge on any atom is -0.331 e. The second-order valence-corrected chi connectivity index (χ2v) is 29.0. The second kappa shape index (κ2) is 33.4. The number of fused-ring (bicyclic) bond motifs is 8. The van der Waals surface area contributed by atoms with Crippen molar-refractivity contribution >= 4 is 67.9 Å². The van der Waals surface area contributed by atoms with Crippen molar-refractivity contribution < 1.29 is 221 Å². The van der Waals surface area contributed by atoms with Gasteiger partial charge in [-0.15, -0.1) is 0 Å². The molecule has 0 spiro atoms. The van der Waals surface area contributed by atoms with Crippen LogP contribution in [0.1, 0.15) is 135 Å². The van der Waals surface area contributed by atoms with Crippen LogP contribution in [0, 0.1) is 0 Å². The van der Waals surface area contributed by atoms with Gasteiger partial charge < -0.3 is 9.97 Å². The van der Waals surface area contributed by atoms with Gasteiger partial charge in [0.2, 0.25) is 0 Å². The van der Waals surface area contributed by atoms with Gasteiger partial charge in [0, 0.05) is 33.5 Å². The smallest absolute Gasteiger partial charge is 0.331 e. The summed E-state index contributed by atoms with van der Waals surface area (Å²) in [6.07, 6.45) is -103. The third kappa shape index (κ3) is 21.5. The number of aromatic nitrogens is 8. The molecule has 11 aromatic rings. The van der Waals surface area contributed by atoms with Gasteiger partial charge in [0.25, 0.3) is 17.5 Å². The molecule has 8 nitrogen and oxygen atoms in total. The van der Waals surface area contributed by atoms with E-state index in [4.69, 9.17) is 0 Å². The molecule has 13 rings (SSSR count). The first kappa shape index (κ1) is 103. The molecule has 137 heavy (non-hydrogen) atoms. The van der Waals surface area contributed by atoms with Gasteiger partial charge in [-0.25, -0.2) is 4.98 Å². The van der Waals surface area contributed by atoms with Gasteiger partial charge in [0.05, 0.1) is 106 Å². The topological polar surface area (TPSA) is 108 Å². The number of halogens is 48. The Hall–Kier alpha value is -12.5. The zero-order valence-electron chi connectivity index (χ0n) is 64.4. The van der Waals surface area contributed by atoms with Crippen LogP contribution in [0.15, 0.2) is 146 Å². The Bertz CT molecular complexity index is 5860. The molecule has 57 heteroatoms. The Morgan fingerprint density at radius 1 is 0.146 bits per heavy atom. The molecule has 5 heterocycles. The first-order valence-corrected chi connectivity index (χ1v) is 35.6. The molecule has 722 valence electrons. The standard InChI is InChI=1S/C80H24F48N8.Mg/c81-65(82,83)33-1-25(2-34(17-33)66(84,85)86)49-50(26-3-35(67(87,88)89)18-36(4-26)68(90,91)92)58-129-57(49)133-59-51(27-5-37(69(93,94)95)19-38(6-27)70(96,97)98)52(28-7-39(71(99,100)101)20-40(8-28)72(102,103)104)61(130-59)135-63-55(31-13-45(77(117,118)119)23-46(14-31)78(120,121)122)56(32-15-47(79(123,124)125)24-48(16-32)80(126,127)128)64(132-63)136-62-54(30-11-43(75(111,112)113)22-44(12-30)76(114,115)116)53(60(131-62)134-58)29-9-41(73(105,106)107)21-42(10-29)74(108,109)110;/h1-24H;/q-2;+2/p+2. The van der Waals surface area contributed by atoms with Crippen molar-refractivity contribution in [2.75, 3.05) is 0 Å². The summed E-state index contributed by atoms with van der Waals surface area (Å²) in [6, 6.07) is -19.5. The van der Waals surface area contributed by atoms with E-state index in [1.165, 1.54) is 9.97 Å². The maximum atomic E-state index is 15.5. The summed E-state index contributed by atoms with van der Waals surface area (Å²) in [5.74, 6) is -9.77. The Morgan fingerprint density at radius 2 is 0.241 bits per heavy atom. The van der Waals surface area contributed by atoms with E-state index in [1.54, 1.807) is 0 Å². The summed E-state index contributed by atoms with van der Waals surface area (Å²) >= 11 is 0. The van der Waals surface area contributed by atoms with Crippen LogP contribution >= 0.6 is 0 Å². The molecule has 0 amide bonds. The Balaban J connectivity index is 0.0000168. The quantitative estimate of drug-likeness (QED) is 0.111. The first-order chi connectivity index (χ1) is 61.4. The molecule has 2 aliphatic heterocycles. The van der Waals surface area contributed by atoms with Crippen LogP contribution in [0.2, 0.25) is 0 Å². The van der Waals surface area contributed by atoms with Crippen molar-refractivity contribution in [2.45, 2.75) is 98.8 Å². The van der Waals surface area contributed by atoms with E-state index >= 15 is 211 Å². The molecule has 3 aromatic heterocycles. The predicted molar refractivity (Wildman–Crippen MR) is 371 cm³/mol. The van der Waals surface area contributed by atoms with Crippen LogP contribution in [0.25, 0.3) is 89.4 Å². The number of nitrogens with zero attached hydrogens (tertiary/aromatic N) is 6. The van der Waals surface area contributed by atoms with Gasteiger partial charge in [-0.05, 0) is 190 Å². The third-order valence-corrected chi connectivity index (χ3v) is 19.6. The summed E-state index contributed by atoms with van der Waals surface area (Å²) in [6.45, 7) is 0. The van der Waals surface area contributed by atoms with E-state index in [9.17, 15) is 0 Å². The zero-order chi connectivity index (χ0) is 102. The molecule has 0 saturated heterocycles. The monoisotopic (exact) mass is 2030 g/mol. The van der Waals surface area contributed by atoms with E-state index in [0.29, 0.717) is 0 Å². The van der Waals surface area contributed by atoms with Crippen LogP contribution in [-0.4, -0.2) is 43.0 Å². The molecule has 8 aromatic carbocycles. The number of hydrogen-bond acceptors (Lipinski definition) is 4. The maximum Gasteiger partial charge on any atom is 2.00 e. The average Bonchev–Trinajstić information content (AvgIpc) is 1.57. The fraction of sp³-hybridized carbons (Fsp3) is 0.200. The van der Waals surface area contributed by atoms with Gasteiger partial charge >= 0.3 is 122 Å². The van der Waals surface area contributed by atoms with Crippen LogP contribution < -0.4 is 19.9 Å². The predicted octanol–water partition coefficient (Wildman–Crippen LogP) is 28.6. The fourth-order valence-corrected chi connectivity index (χ4v) is 13.9. The molecular weight excluding hydrogens is 2010 g/mol. The summed E-state index contributed by atoms with van der Waals surface area (Å²) in [4.78, 5) is 24.8. The van der Waals surface area contributed by atoms with Crippen LogP contribution in [0.4, 0.5) is 211 Å². The number of H-pyrrole nitrogens is 2. The molecule has 0 radical (unpaired) electrons. The average molecular weight is 2040 g/mol. The van der Waals surface area contributed by atoms with Gasteiger partial charge in [-0.2, -0.15) is 211 Å². The molecule has 0 saturated carbocycles. The molecule has 0 fully saturated rings. The molecular formula is C80H26F48MgN8+2. The first-order valence-electron chi connectivity index (χ1n) is 35.6. The van der Waals surface area contributed by atoms with E-state index < -0.39 is 468 Å². The van der Waals surface area contributed by atoms with Crippen molar-refractivity contribution in [2.24, 2.45) is 0 Å². The molecule has 8 bridgehead atoms. The van der Waals surface area contributed by atoms with E-state index in [2.05, 4.69) is 29.9 Å². The summed E-state index contributed by atoms with van der Waals surface area (Å²) < 4.78 is 743. The fourth-order valence-electron chi connectivity index (χ4n) is 13.9. The molecule has 2 aliphatic rings. The number of aromatic amines is 2. The number of rotatable bonds is 8. The van der Waals surface area contributed by atoms with Gasteiger partial charge in [0.15, 0.2) is 16.9 Å². The van der Waals surface area contributed by atoms with Gasteiger partial charge in [-0.1, -0.05) is 15.0 Å². The SMILES string of the molecule is FC(F)(F)c1cc(C2=C(c3cc(C(F)(F)F)cc(C(F)(F)F)c3)c3nc4[n-]c(nc5[nH+]c(nc6[n-]c(nc2[nH+]3)c(-c2cc(C(F)(F)F)cc(C(F)(F)F)c2)c6-c2cc(C(F)(F)F)cc(C(F)(F)F)c2)C(c2cc(C(F)(F)F)cc(C(F)(F)F)c2)=C5c2cc(C(F)(F)F)cc(C(F)(F)F)c2)c(-c2cc(C(F)(F)F)cc(C(F)(F)F)c2)c4-c2cc(C(F)(F)F)cc(C(F)(F)F)c2)cc(C(F)(F)F)c1.[Mg+2]. The van der Waals surface area contributed by atoms with Crippen LogP contribution in [0.3, 0.4) is 0 Å². The Kier molecular flexibility index (Phi) is 25.2. The molecule has 0 aliphatic carbocycles. The van der Waals surface area contributed by atoms with Gasteiger partial charge in [0.1, 0.15) is 5.82 Å². The normalized spacial score (nSPS) is 14.3. The summed E-state index contributed by atoms with van der Waals surface area (Å²) in [5.41, 5.74) is -93.3. The van der Waals surface area contributed by atoms with Crippen molar-refractivity contribution in [3.05, 3.63) is 280 Å². The molecule has 0 atom stereocenters. The Labute approximate surface area is 739 Å². The summed E-state index contributed by atoms with van der Waals surface area (Å²) in [7, 11) is 0. The van der Waals surface area contributed by atoms with Gasteiger partial charge in [-0.3, -0.25) is 9.97 Å². The minimum absolute atomic E-state index is 0. The largest absolute Gasteiger partial charge is 2.00 e. The van der Waals surface area contributed by atoms with Crippen molar-refractivity contribution in [3.63, 3.8) is 0 Å². The number of benzene rings is 8. The van der Waals surface area contributed by atoms with Crippen LogP contribution in [-0.2, 0) is 98.8 Å². The second-order valence-electron chi connectivity index (χ2n) is 29.0. The number of nitrogens with one attached hydrogen (secondary N) is 2. The summed E-state index contributed by atoms with van der Waals surface area (Å²) in [5, 5.41) is 0. The van der Waals surface area contributed by atoms with Crippen molar-refractivity contribution in [1.29, 1.82) is 0 Å². The number of hydrogen-bond donors (Lipinski definition) is 0. The molecule has 2 N–H and O–H groups in total. The molecule has 0 unspecified atom stereocenters. The van der Waals surface area contributed by atoms with Crippen molar-refractivity contribution in [3.8, 4) is 44.5 Å². The zero-order valence-corrected chi connectivity index (χ0v) is 65.8. The van der Waals surface area contributed by atoms with Crippen LogP contribution in [0.5, 0.6) is 0 Å². The Morgan fingerprint density at radius 3 is 0.336 bits per heavy atom. The van der Waals surface area contributed by atoms with E-state index in [-0.39, 0.29) is 23.1 Å². The van der Waals surface area contributed by atoms with E-state index in [0.717, 1.165) is 0 Å². The maximum absolute atomic E-state index is 15.5. The van der Waals surface area contributed by atoms with Crippen molar-refractivity contribution in [1.82, 2.24) is 29.9 Å². The number of alkyl halides is 48. The third-order valence-electron chi connectivity index (χ3n) is 19.6. The minimum atomic E-state index is -6.45. The van der Waals surface area contributed by atoms with E-state index in [1.807, 2.05) is 0 Å².